The van der Waals surface area contributed by atoms with Crippen LogP contribution in [0.25, 0.3) is 16.2 Å². The van der Waals surface area contributed by atoms with E-state index in [0.717, 1.165) is 10.5 Å². The molecule has 21 heavy (non-hydrogen) atoms. The average Bonchev–Trinajstić information content (AvgIpc) is 3.02. The van der Waals surface area contributed by atoms with E-state index in [2.05, 4.69) is 10.3 Å². The Kier molecular flexibility index (Phi) is 3.47. The van der Waals surface area contributed by atoms with Gasteiger partial charge in [0.05, 0.1) is 0 Å². The van der Waals surface area contributed by atoms with Gasteiger partial charge in [-0.1, -0.05) is 13.8 Å². The number of thiazole rings is 1. The molecule has 1 amide bonds. The number of amides is 1. The second kappa shape index (κ2) is 5.29. The Morgan fingerprint density at radius 1 is 1.33 bits per heavy atom. The van der Waals surface area contributed by atoms with Crippen molar-refractivity contribution in [2.45, 2.75) is 13.8 Å². The first-order chi connectivity index (χ1) is 10.1. The molecule has 108 valence electrons. The van der Waals surface area contributed by atoms with Crippen molar-refractivity contribution >= 4 is 28.0 Å². The number of benzene rings is 1. The van der Waals surface area contributed by atoms with Gasteiger partial charge in [0.25, 0.3) is 0 Å². The quantitative estimate of drug-likeness (QED) is 0.800. The normalized spacial score (nSPS) is 11.2. The summed E-state index contributed by atoms with van der Waals surface area (Å²) in [6, 6.07) is 6.09. The van der Waals surface area contributed by atoms with Gasteiger partial charge in [0, 0.05) is 23.1 Å². The van der Waals surface area contributed by atoms with E-state index in [-0.39, 0.29) is 17.6 Å². The topological polar surface area (TPSA) is 46.4 Å². The van der Waals surface area contributed by atoms with Gasteiger partial charge in [0.15, 0.2) is 4.96 Å². The molecule has 4 nitrogen and oxygen atoms in total. The van der Waals surface area contributed by atoms with Crippen LogP contribution in [-0.2, 0) is 4.79 Å². The van der Waals surface area contributed by atoms with E-state index in [4.69, 9.17) is 0 Å². The van der Waals surface area contributed by atoms with Crippen LogP contribution in [0.3, 0.4) is 0 Å². The zero-order chi connectivity index (χ0) is 15.0. The molecule has 0 atom stereocenters. The van der Waals surface area contributed by atoms with Crippen LogP contribution in [0.5, 0.6) is 0 Å². The van der Waals surface area contributed by atoms with Crippen LogP contribution < -0.4 is 5.32 Å². The summed E-state index contributed by atoms with van der Waals surface area (Å²) in [5, 5.41) is 4.81. The molecule has 2 aromatic heterocycles. The molecule has 0 fully saturated rings. The van der Waals surface area contributed by atoms with Crippen LogP contribution in [-0.4, -0.2) is 15.3 Å². The van der Waals surface area contributed by atoms with Crippen LogP contribution >= 0.6 is 11.3 Å². The fourth-order valence-corrected chi connectivity index (χ4v) is 2.69. The Hall–Kier alpha value is -2.21. The number of nitrogens with zero attached hydrogens (tertiary/aromatic N) is 2. The molecule has 6 heteroatoms. The molecule has 1 N–H and O–H groups in total. The van der Waals surface area contributed by atoms with Crippen molar-refractivity contribution < 1.29 is 9.18 Å². The molecule has 0 spiro atoms. The maximum Gasteiger partial charge on any atom is 0.228 e. The number of carbonyl (C=O) groups is 1. The highest BCUT2D eigenvalue weighted by molar-refractivity contribution is 7.15. The molecular formula is C15H14FN3OS. The minimum Gasteiger partial charge on any atom is -0.310 e. The fourth-order valence-electron chi connectivity index (χ4n) is 1.98. The highest BCUT2D eigenvalue weighted by atomic mass is 32.1. The molecule has 3 aromatic rings. The summed E-state index contributed by atoms with van der Waals surface area (Å²) < 4.78 is 14.9. The first-order valence-electron chi connectivity index (χ1n) is 6.58. The molecular weight excluding hydrogens is 289 g/mol. The standard InChI is InChI=1S/C15H14FN3OS/c1-9(2)14(20)18-13-12(10-3-5-11(16)6-4-10)17-15-19(13)7-8-21-15/h3-9H,1-2H3,(H,18,20). The molecule has 3 rings (SSSR count). The van der Waals surface area contributed by atoms with Crippen molar-refractivity contribution in [3.63, 3.8) is 0 Å². The minimum atomic E-state index is -0.299. The van der Waals surface area contributed by atoms with Gasteiger partial charge >= 0.3 is 0 Å². The van der Waals surface area contributed by atoms with E-state index in [1.54, 1.807) is 12.1 Å². The number of anilines is 1. The van der Waals surface area contributed by atoms with E-state index in [0.29, 0.717) is 11.5 Å². The Balaban J connectivity index is 2.11. The SMILES string of the molecule is CC(C)C(=O)Nc1c(-c2ccc(F)cc2)nc2sccn12. The van der Waals surface area contributed by atoms with E-state index in [1.165, 1.54) is 23.5 Å². The second-order valence-corrected chi connectivity index (χ2v) is 5.89. The van der Waals surface area contributed by atoms with Gasteiger partial charge in [-0.15, -0.1) is 11.3 Å². The molecule has 2 heterocycles. The lowest BCUT2D eigenvalue weighted by Crippen LogP contribution is -2.19. The van der Waals surface area contributed by atoms with Crippen LogP contribution in [0.1, 0.15) is 13.8 Å². The molecule has 1 aromatic carbocycles. The zero-order valence-corrected chi connectivity index (χ0v) is 12.4. The van der Waals surface area contributed by atoms with Gasteiger partial charge < -0.3 is 5.32 Å². The molecule has 0 aliphatic rings. The van der Waals surface area contributed by atoms with Gasteiger partial charge in [0.1, 0.15) is 17.3 Å². The van der Waals surface area contributed by atoms with Crippen LogP contribution in [0.4, 0.5) is 10.2 Å². The van der Waals surface area contributed by atoms with Gasteiger partial charge in [0.2, 0.25) is 5.91 Å². The van der Waals surface area contributed by atoms with Crippen LogP contribution in [0.15, 0.2) is 35.8 Å². The third-order valence-corrected chi connectivity index (χ3v) is 3.90. The highest BCUT2D eigenvalue weighted by Crippen LogP contribution is 2.31. The number of aromatic nitrogens is 2. The maximum atomic E-state index is 13.1. The highest BCUT2D eigenvalue weighted by Gasteiger charge is 2.18. The predicted octanol–water partition coefficient (Wildman–Crippen LogP) is 3.80. The molecule has 0 bridgehead atoms. The predicted molar refractivity (Wildman–Crippen MR) is 81.9 cm³/mol. The third-order valence-electron chi connectivity index (χ3n) is 3.15. The zero-order valence-electron chi connectivity index (χ0n) is 11.6. The van der Waals surface area contributed by atoms with Gasteiger partial charge in [-0.05, 0) is 24.3 Å². The van der Waals surface area contributed by atoms with Gasteiger partial charge in [-0.25, -0.2) is 9.37 Å². The van der Waals surface area contributed by atoms with Crippen molar-refractivity contribution in [3.8, 4) is 11.3 Å². The van der Waals surface area contributed by atoms with Crippen LogP contribution in [0.2, 0.25) is 0 Å². The number of rotatable bonds is 3. The molecule has 0 aliphatic heterocycles. The maximum absolute atomic E-state index is 13.1. The Labute approximate surface area is 125 Å². The first kappa shape index (κ1) is 13.8. The Bertz CT molecular complexity index is 789. The van der Waals surface area contributed by atoms with Gasteiger partial charge in [-0.3, -0.25) is 9.20 Å². The lowest BCUT2D eigenvalue weighted by atomic mass is 10.1. The van der Waals surface area contributed by atoms with Crippen molar-refractivity contribution in [1.29, 1.82) is 0 Å². The summed E-state index contributed by atoms with van der Waals surface area (Å²) in [6.07, 6.45) is 1.86. The Morgan fingerprint density at radius 3 is 2.71 bits per heavy atom. The first-order valence-corrected chi connectivity index (χ1v) is 7.46. The third kappa shape index (κ3) is 2.54. The Morgan fingerprint density at radius 2 is 2.05 bits per heavy atom. The largest absolute Gasteiger partial charge is 0.310 e. The van der Waals surface area contributed by atoms with Crippen LogP contribution in [0, 0.1) is 11.7 Å². The molecule has 0 unspecified atom stereocenters. The van der Waals surface area contributed by atoms with Crippen molar-refractivity contribution in [3.05, 3.63) is 41.7 Å². The molecule has 0 saturated heterocycles. The lowest BCUT2D eigenvalue weighted by molar-refractivity contribution is -0.118. The van der Waals surface area contributed by atoms with E-state index in [1.807, 2.05) is 29.8 Å². The minimum absolute atomic E-state index is 0.0774. The number of carbonyl (C=O) groups excluding carboxylic acids is 1. The number of hydrogen-bond donors (Lipinski definition) is 1. The van der Waals surface area contributed by atoms with Gasteiger partial charge in [-0.2, -0.15) is 0 Å². The molecule has 0 aliphatic carbocycles. The van der Waals surface area contributed by atoms with Crippen molar-refractivity contribution in [1.82, 2.24) is 9.38 Å². The number of halogens is 1. The summed E-state index contributed by atoms with van der Waals surface area (Å²) in [6.45, 7) is 3.66. The number of imidazole rings is 1. The van der Waals surface area contributed by atoms with Crippen molar-refractivity contribution in [2.24, 2.45) is 5.92 Å². The number of fused-ring (bicyclic) bond motifs is 1. The number of nitrogens with one attached hydrogen (secondary N) is 1. The van der Waals surface area contributed by atoms with Crippen molar-refractivity contribution in [2.75, 3.05) is 5.32 Å². The summed E-state index contributed by atoms with van der Waals surface area (Å²) >= 11 is 1.48. The van der Waals surface area contributed by atoms with E-state index in [9.17, 15) is 9.18 Å². The smallest absolute Gasteiger partial charge is 0.228 e. The summed E-state index contributed by atoms with van der Waals surface area (Å²) in [4.78, 5) is 17.3. The molecule has 0 saturated carbocycles. The van der Waals surface area contributed by atoms with E-state index >= 15 is 0 Å². The second-order valence-electron chi connectivity index (χ2n) is 5.02. The summed E-state index contributed by atoms with van der Waals surface area (Å²) in [7, 11) is 0. The van der Waals surface area contributed by atoms with E-state index < -0.39 is 0 Å². The number of hydrogen-bond acceptors (Lipinski definition) is 3. The summed E-state index contributed by atoms with van der Waals surface area (Å²) in [5.74, 6) is 0.116. The molecule has 0 radical (unpaired) electrons. The average molecular weight is 303 g/mol. The fraction of sp³-hybridized carbons (Fsp3) is 0.200. The lowest BCUT2D eigenvalue weighted by Gasteiger charge is -2.09. The summed E-state index contributed by atoms with van der Waals surface area (Å²) in [5.41, 5.74) is 1.42. The monoisotopic (exact) mass is 303 g/mol.